The Morgan fingerprint density at radius 2 is 2.05 bits per heavy atom. The molecule has 0 saturated carbocycles. The molecule has 3 nitrogen and oxygen atoms in total. The van der Waals surface area contributed by atoms with E-state index in [1.165, 1.54) is 6.08 Å². The summed E-state index contributed by atoms with van der Waals surface area (Å²) in [6.45, 7) is 0.777. The van der Waals surface area contributed by atoms with E-state index in [4.69, 9.17) is 4.74 Å². The fourth-order valence-corrected chi connectivity index (χ4v) is 1.93. The summed E-state index contributed by atoms with van der Waals surface area (Å²) >= 11 is 0. The summed E-state index contributed by atoms with van der Waals surface area (Å²) in [6, 6.07) is 0. The van der Waals surface area contributed by atoms with Crippen LogP contribution in [0.5, 0.6) is 0 Å². The standard InChI is InChI=1S/C12H20BF3NO2.K/c1-12(2,3)19-11(18)17-8-9-4-6-10(7-5-9)13(14,15)16;/h6,9H,4-5,7-8H2,1-3H3,(H,17,18);/q-1;+1. The van der Waals surface area contributed by atoms with Gasteiger partial charge < -0.3 is 23.0 Å². The molecule has 0 radical (unpaired) electrons. The van der Waals surface area contributed by atoms with E-state index in [0.29, 0.717) is 19.4 Å². The molecule has 1 rings (SSSR count). The Bertz CT molecular complexity index is 367. The number of carbonyl (C=O) groups is 1. The fraction of sp³-hybridized carbons (Fsp3) is 0.750. The molecule has 1 aliphatic rings. The first kappa shape index (κ1) is 20.5. The molecule has 0 spiro atoms. The maximum absolute atomic E-state index is 12.5. The first-order valence-corrected chi connectivity index (χ1v) is 6.43. The van der Waals surface area contributed by atoms with Crippen molar-refractivity contribution >= 4 is 13.1 Å². The Balaban J connectivity index is 0.00000361. The Morgan fingerprint density at radius 1 is 1.45 bits per heavy atom. The van der Waals surface area contributed by atoms with E-state index in [1.807, 2.05) is 0 Å². The van der Waals surface area contributed by atoms with Gasteiger partial charge in [0.2, 0.25) is 0 Å². The third-order valence-corrected chi connectivity index (χ3v) is 2.91. The van der Waals surface area contributed by atoms with Gasteiger partial charge in [-0.05, 0) is 39.5 Å². The van der Waals surface area contributed by atoms with Gasteiger partial charge in [-0.1, -0.05) is 6.42 Å². The second kappa shape index (κ2) is 8.22. The summed E-state index contributed by atoms with van der Waals surface area (Å²) in [6.07, 6.45) is 1.58. The minimum absolute atomic E-state index is 0. The van der Waals surface area contributed by atoms with Crippen LogP contribution in [0.3, 0.4) is 0 Å². The van der Waals surface area contributed by atoms with Crippen LogP contribution in [0.1, 0.15) is 40.0 Å². The third-order valence-electron chi connectivity index (χ3n) is 2.91. The SMILES string of the molecule is CC(C)(C)OC(=O)NCC1CC=C([B-](F)(F)F)CC1.[K+]. The van der Waals surface area contributed by atoms with Crippen molar-refractivity contribution in [2.75, 3.05) is 6.54 Å². The number of hydrogen-bond acceptors (Lipinski definition) is 2. The van der Waals surface area contributed by atoms with Gasteiger partial charge in [0, 0.05) is 6.54 Å². The maximum atomic E-state index is 12.5. The first-order chi connectivity index (χ1) is 8.58. The molecule has 1 unspecified atom stereocenters. The summed E-state index contributed by atoms with van der Waals surface area (Å²) < 4.78 is 42.5. The van der Waals surface area contributed by atoms with Crippen molar-refractivity contribution in [3.8, 4) is 0 Å². The van der Waals surface area contributed by atoms with Crippen molar-refractivity contribution in [1.29, 1.82) is 0 Å². The van der Waals surface area contributed by atoms with E-state index in [1.54, 1.807) is 20.8 Å². The van der Waals surface area contributed by atoms with Crippen LogP contribution < -0.4 is 56.7 Å². The van der Waals surface area contributed by atoms with E-state index in [2.05, 4.69) is 5.32 Å². The van der Waals surface area contributed by atoms with Crippen LogP contribution in [0.25, 0.3) is 0 Å². The average Bonchev–Trinajstić information content (AvgIpc) is 2.23. The molecule has 0 bridgehead atoms. The molecular formula is C12H20BF3KNO2. The first-order valence-electron chi connectivity index (χ1n) is 6.43. The molecule has 0 aromatic rings. The molecule has 1 N–H and O–H groups in total. The van der Waals surface area contributed by atoms with E-state index in [9.17, 15) is 17.7 Å². The zero-order valence-electron chi connectivity index (χ0n) is 12.5. The van der Waals surface area contributed by atoms with Crippen LogP contribution in [0.2, 0.25) is 0 Å². The number of allylic oxidation sites excluding steroid dienone is 2. The summed E-state index contributed by atoms with van der Waals surface area (Å²) in [5.41, 5.74) is -0.962. The molecule has 110 valence electrons. The average molecular weight is 317 g/mol. The van der Waals surface area contributed by atoms with E-state index < -0.39 is 24.1 Å². The topological polar surface area (TPSA) is 38.3 Å². The molecule has 0 fully saturated rings. The predicted molar refractivity (Wildman–Crippen MR) is 68.7 cm³/mol. The van der Waals surface area contributed by atoms with Crippen molar-refractivity contribution in [2.45, 2.75) is 45.6 Å². The smallest absolute Gasteiger partial charge is 0.445 e. The van der Waals surface area contributed by atoms with Gasteiger partial charge in [0.25, 0.3) is 0 Å². The molecular weight excluding hydrogens is 297 g/mol. The molecule has 0 aromatic heterocycles. The Morgan fingerprint density at radius 3 is 2.45 bits per heavy atom. The quantitative estimate of drug-likeness (QED) is 0.776. The van der Waals surface area contributed by atoms with Crippen LogP contribution in [0.15, 0.2) is 11.5 Å². The van der Waals surface area contributed by atoms with Gasteiger partial charge in [0.05, 0.1) is 0 Å². The molecule has 0 heterocycles. The molecule has 1 atom stereocenters. The zero-order chi connectivity index (χ0) is 14.7. The monoisotopic (exact) mass is 317 g/mol. The molecule has 8 heteroatoms. The molecule has 0 aromatic carbocycles. The van der Waals surface area contributed by atoms with Gasteiger partial charge in [0.15, 0.2) is 0 Å². The summed E-state index contributed by atoms with van der Waals surface area (Å²) in [5.74, 6) is 0.0504. The molecule has 1 amide bonds. The Hall–Kier alpha value is 0.501. The largest absolute Gasteiger partial charge is 1.00 e. The van der Waals surface area contributed by atoms with Gasteiger partial charge in [-0.25, -0.2) is 4.79 Å². The number of ether oxygens (including phenoxy) is 1. The second-order valence-corrected chi connectivity index (χ2v) is 5.88. The summed E-state index contributed by atoms with van der Waals surface area (Å²) in [5, 5.41) is 2.60. The zero-order valence-corrected chi connectivity index (χ0v) is 15.6. The van der Waals surface area contributed by atoms with Gasteiger partial charge in [-0.3, -0.25) is 0 Å². The number of carbonyl (C=O) groups excluding carboxylic acids is 1. The Kier molecular flexibility index (Phi) is 8.42. The molecule has 20 heavy (non-hydrogen) atoms. The van der Waals surface area contributed by atoms with Crippen LogP contribution in [-0.2, 0) is 4.74 Å². The van der Waals surface area contributed by atoms with E-state index >= 15 is 0 Å². The minimum Gasteiger partial charge on any atom is -0.445 e. The second-order valence-electron chi connectivity index (χ2n) is 5.88. The van der Waals surface area contributed by atoms with E-state index in [0.717, 1.165) is 0 Å². The summed E-state index contributed by atoms with van der Waals surface area (Å²) in [7, 11) is 0. The number of halogens is 3. The van der Waals surface area contributed by atoms with Crippen molar-refractivity contribution in [3.63, 3.8) is 0 Å². The Labute approximate surface area is 160 Å². The molecule has 1 aliphatic carbocycles. The maximum Gasteiger partial charge on any atom is 1.00 e. The number of hydrogen-bond donors (Lipinski definition) is 1. The number of nitrogens with one attached hydrogen (secondary N) is 1. The third kappa shape index (κ3) is 8.07. The fourth-order valence-electron chi connectivity index (χ4n) is 1.93. The van der Waals surface area contributed by atoms with Crippen LogP contribution >= 0.6 is 0 Å². The number of alkyl carbamates (subject to hydrolysis) is 1. The van der Waals surface area contributed by atoms with Crippen molar-refractivity contribution in [3.05, 3.63) is 11.5 Å². The van der Waals surface area contributed by atoms with Crippen LogP contribution in [0, 0.1) is 5.92 Å². The van der Waals surface area contributed by atoms with Gasteiger partial charge >= 0.3 is 64.5 Å². The van der Waals surface area contributed by atoms with Crippen molar-refractivity contribution in [2.24, 2.45) is 5.92 Å². The van der Waals surface area contributed by atoms with Crippen LogP contribution in [-0.4, -0.2) is 25.2 Å². The normalized spacial score (nSPS) is 19.7. The number of amides is 1. The number of rotatable bonds is 3. The van der Waals surface area contributed by atoms with Gasteiger partial charge in [0.1, 0.15) is 5.60 Å². The predicted octanol–water partition coefficient (Wildman–Crippen LogP) is 0.628. The molecule has 0 saturated heterocycles. The minimum atomic E-state index is -4.85. The molecule has 0 aliphatic heterocycles. The van der Waals surface area contributed by atoms with Crippen molar-refractivity contribution in [1.82, 2.24) is 5.32 Å². The summed E-state index contributed by atoms with van der Waals surface area (Å²) in [4.78, 5) is 11.4. The van der Waals surface area contributed by atoms with Gasteiger partial charge in [-0.2, -0.15) is 0 Å². The van der Waals surface area contributed by atoms with Crippen molar-refractivity contribution < 1.29 is 73.9 Å². The van der Waals surface area contributed by atoms with E-state index in [-0.39, 0.29) is 63.7 Å². The van der Waals surface area contributed by atoms with Gasteiger partial charge in [-0.15, -0.1) is 11.5 Å². The van der Waals surface area contributed by atoms with Crippen LogP contribution in [0.4, 0.5) is 17.7 Å².